The molecule has 5 nitrogen and oxygen atoms in total. The van der Waals surface area contributed by atoms with Gasteiger partial charge in [0.15, 0.2) is 0 Å². The van der Waals surface area contributed by atoms with E-state index in [0.29, 0.717) is 12.3 Å². The van der Waals surface area contributed by atoms with Gasteiger partial charge in [0.1, 0.15) is 0 Å². The van der Waals surface area contributed by atoms with Gasteiger partial charge in [0.2, 0.25) is 11.8 Å². The van der Waals surface area contributed by atoms with Gasteiger partial charge in [0.25, 0.3) is 0 Å². The average Bonchev–Trinajstić information content (AvgIpc) is 2.96. The first-order valence-corrected chi connectivity index (χ1v) is 7.51. The number of carbonyl (C=O) groups is 2. The van der Waals surface area contributed by atoms with E-state index >= 15 is 0 Å². The lowest BCUT2D eigenvalue weighted by Crippen LogP contribution is -2.42. The van der Waals surface area contributed by atoms with Crippen LogP contribution in [0.25, 0.3) is 0 Å². The Hall–Kier alpha value is -0.810. The Labute approximate surface area is 127 Å². The van der Waals surface area contributed by atoms with Gasteiger partial charge >= 0.3 is 0 Å². The molecule has 0 saturated carbocycles. The maximum absolute atomic E-state index is 11.9. The summed E-state index contributed by atoms with van der Waals surface area (Å²) in [6.45, 7) is 3.96. The highest BCUT2D eigenvalue weighted by atomic mass is 35.5. The third-order valence-electron chi connectivity index (χ3n) is 4.09. The Bertz CT molecular complexity index is 314. The van der Waals surface area contributed by atoms with Crippen molar-refractivity contribution in [3.8, 4) is 0 Å². The van der Waals surface area contributed by atoms with Gasteiger partial charge in [0.05, 0.1) is 6.54 Å². The number of halogens is 1. The molecule has 2 saturated heterocycles. The predicted octanol–water partition coefficient (Wildman–Crippen LogP) is 0.927. The van der Waals surface area contributed by atoms with E-state index in [4.69, 9.17) is 0 Å². The minimum absolute atomic E-state index is 0. The quantitative estimate of drug-likeness (QED) is 0.794. The molecule has 2 heterocycles. The van der Waals surface area contributed by atoms with E-state index in [1.54, 1.807) is 0 Å². The monoisotopic (exact) mass is 303 g/mol. The Morgan fingerprint density at radius 1 is 1.20 bits per heavy atom. The van der Waals surface area contributed by atoms with Gasteiger partial charge < -0.3 is 15.5 Å². The molecule has 2 aliphatic heterocycles. The number of hydrogen-bond donors (Lipinski definition) is 2. The Kier molecular flexibility index (Phi) is 7.92. The highest BCUT2D eigenvalue weighted by Crippen LogP contribution is 2.14. The first-order valence-electron chi connectivity index (χ1n) is 7.51. The van der Waals surface area contributed by atoms with Gasteiger partial charge in [-0.05, 0) is 51.1 Å². The van der Waals surface area contributed by atoms with Crippen LogP contribution in [0.4, 0.5) is 0 Å². The number of nitrogens with one attached hydrogen (secondary N) is 2. The van der Waals surface area contributed by atoms with Crippen molar-refractivity contribution in [2.24, 2.45) is 5.92 Å². The number of piperidine rings is 1. The van der Waals surface area contributed by atoms with Crippen molar-refractivity contribution in [2.75, 3.05) is 32.7 Å². The third-order valence-corrected chi connectivity index (χ3v) is 4.09. The maximum atomic E-state index is 11.9. The molecule has 6 heteroatoms. The average molecular weight is 304 g/mol. The summed E-state index contributed by atoms with van der Waals surface area (Å²) in [7, 11) is 0. The molecule has 1 unspecified atom stereocenters. The SMILES string of the molecule is Cl.O=C(CCC1CCNC1)NCC(=O)N1CCCCC1. The van der Waals surface area contributed by atoms with E-state index in [9.17, 15) is 9.59 Å². The van der Waals surface area contributed by atoms with Crippen LogP contribution >= 0.6 is 12.4 Å². The minimum atomic E-state index is 0. The second-order valence-electron chi connectivity index (χ2n) is 5.62. The van der Waals surface area contributed by atoms with Gasteiger partial charge in [-0.2, -0.15) is 0 Å². The standard InChI is InChI=1S/C14H25N3O2.ClH/c18-13(5-4-12-6-7-15-10-12)16-11-14(19)17-8-2-1-3-9-17;/h12,15H,1-11H2,(H,16,18);1H. The summed E-state index contributed by atoms with van der Waals surface area (Å²) >= 11 is 0. The Morgan fingerprint density at radius 2 is 1.95 bits per heavy atom. The number of rotatable bonds is 5. The van der Waals surface area contributed by atoms with Crippen LogP contribution in [0.5, 0.6) is 0 Å². The lowest BCUT2D eigenvalue weighted by molar-refractivity contribution is -0.133. The second kappa shape index (κ2) is 9.19. The van der Waals surface area contributed by atoms with E-state index in [1.165, 1.54) is 12.8 Å². The molecule has 0 aromatic rings. The van der Waals surface area contributed by atoms with Crippen molar-refractivity contribution in [3.63, 3.8) is 0 Å². The van der Waals surface area contributed by atoms with Crippen molar-refractivity contribution in [3.05, 3.63) is 0 Å². The summed E-state index contributed by atoms with van der Waals surface area (Å²) in [5.41, 5.74) is 0. The van der Waals surface area contributed by atoms with Gasteiger partial charge in [0, 0.05) is 19.5 Å². The number of nitrogens with zero attached hydrogens (tertiary/aromatic N) is 1. The van der Waals surface area contributed by atoms with E-state index in [1.807, 2.05) is 4.90 Å². The van der Waals surface area contributed by atoms with Crippen LogP contribution in [-0.2, 0) is 9.59 Å². The smallest absolute Gasteiger partial charge is 0.241 e. The van der Waals surface area contributed by atoms with E-state index in [2.05, 4.69) is 10.6 Å². The molecule has 2 aliphatic rings. The van der Waals surface area contributed by atoms with Gasteiger partial charge in [-0.25, -0.2) is 0 Å². The third kappa shape index (κ3) is 5.67. The molecule has 0 spiro atoms. The summed E-state index contributed by atoms with van der Waals surface area (Å²) in [6.07, 6.45) is 6.03. The summed E-state index contributed by atoms with van der Waals surface area (Å²) in [5.74, 6) is 0.705. The molecule has 2 amide bonds. The van der Waals surface area contributed by atoms with Crippen molar-refractivity contribution in [1.82, 2.24) is 15.5 Å². The summed E-state index contributed by atoms with van der Waals surface area (Å²) in [5, 5.41) is 6.05. The van der Waals surface area contributed by atoms with Crippen LogP contribution in [0, 0.1) is 5.92 Å². The second-order valence-corrected chi connectivity index (χ2v) is 5.62. The Morgan fingerprint density at radius 3 is 2.60 bits per heavy atom. The summed E-state index contributed by atoms with van der Waals surface area (Å²) < 4.78 is 0. The molecule has 1 atom stereocenters. The molecule has 0 aromatic carbocycles. The van der Waals surface area contributed by atoms with Crippen LogP contribution in [-0.4, -0.2) is 49.4 Å². The topological polar surface area (TPSA) is 61.4 Å². The molecule has 20 heavy (non-hydrogen) atoms. The summed E-state index contributed by atoms with van der Waals surface area (Å²) in [6, 6.07) is 0. The first-order chi connectivity index (χ1) is 9.25. The molecule has 0 radical (unpaired) electrons. The zero-order valence-electron chi connectivity index (χ0n) is 12.0. The summed E-state index contributed by atoms with van der Waals surface area (Å²) in [4.78, 5) is 25.4. The van der Waals surface area contributed by atoms with Gasteiger partial charge in [-0.3, -0.25) is 9.59 Å². The van der Waals surface area contributed by atoms with E-state index in [-0.39, 0.29) is 30.8 Å². The highest BCUT2D eigenvalue weighted by Gasteiger charge is 2.18. The van der Waals surface area contributed by atoms with Crippen molar-refractivity contribution < 1.29 is 9.59 Å². The number of amides is 2. The lowest BCUT2D eigenvalue weighted by atomic mass is 10.0. The molecule has 116 valence electrons. The van der Waals surface area contributed by atoms with Crippen LogP contribution in [0.3, 0.4) is 0 Å². The van der Waals surface area contributed by atoms with Gasteiger partial charge in [-0.1, -0.05) is 0 Å². The van der Waals surface area contributed by atoms with Gasteiger partial charge in [-0.15, -0.1) is 12.4 Å². The first kappa shape index (κ1) is 17.2. The molecule has 0 bridgehead atoms. The molecular weight excluding hydrogens is 278 g/mol. The largest absolute Gasteiger partial charge is 0.347 e. The highest BCUT2D eigenvalue weighted by molar-refractivity contribution is 5.85. The molecule has 2 fully saturated rings. The minimum Gasteiger partial charge on any atom is -0.347 e. The zero-order chi connectivity index (χ0) is 13.5. The molecule has 0 aromatic heterocycles. The number of hydrogen-bond acceptors (Lipinski definition) is 3. The van der Waals surface area contributed by atoms with Crippen LogP contribution < -0.4 is 10.6 Å². The molecular formula is C14H26ClN3O2. The predicted molar refractivity (Wildman–Crippen MR) is 80.9 cm³/mol. The number of carbonyl (C=O) groups excluding carboxylic acids is 2. The van der Waals surface area contributed by atoms with Crippen LogP contribution in [0.2, 0.25) is 0 Å². The normalized spacial score (nSPS) is 22.2. The maximum Gasteiger partial charge on any atom is 0.241 e. The van der Waals surface area contributed by atoms with Crippen molar-refractivity contribution in [1.29, 1.82) is 0 Å². The lowest BCUT2D eigenvalue weighted by Gasteiger charge is -2.26. The number of likely N-dealkylation sites (tertiary alicyclic amines) is 1. The van der Waals surface area contributed by atoms with Crippen molar-refractivity contribution >= 4 is 24.2 Å². The zero-order valence-corrected chi connectivity index (χ0v) is 12.8. The molecule has 2 N–H and O–H groups in total. The fourth-order valence-electron chi connectivity index (χ4n) is 2.81. The van der Waals surface area contributed by atoms with Crippen LogP contribution in [0.1, 0.15) is 38.5 Å². The fraction of sp³-hybridized carbons (Fsp3) is 0.857. The van der Waals surface area contributed by atoms with Crippen LogP contribution in [0.15, 0.2) is 0 Å². The Balaban J connectivity index is 0.00000200. The van der Waals surface area contributed by atoms with E-state index in [0.717, 1.165) is 45.4 Å². The molecule has 0 aliphatic carbocycles. The fourth-order valence-corrected chi connectivity index (χ4v) is 2.81. The molecule has 2 rings (SSSR count). The van der Waals surface area contributed by atoms with E-state index < -0.39 is 0 Å². The van der Waals surface area contributed by atoms with Crippen molar-refractivity contribution in [2.45, 2.75) is 38.5 Å².